The van der Waals surface area contributed by atoms with Crippen LogP contribution in [-0.4, -0.2) is 13.2 Å². The summed E-state index contributed by atoms with van der Waals surface area (Å²) in [5, 5.41) is 0. The lowest BCUT2D eigenvalue weighted by Gasteiger charge is -2.30. The Morgan fingerprint density at radius 3 is 2.50 bits per heavy atom. The first-order chi connectivity index (χ1) is 5.79. The highest BCUT2D eigenvalue weighted by Crippen LogP contribution is 2.45. The first-order valence-corrected chi connectivity index (χ1v) is 5.32. The van der Waals surface area contributed by atoms with Gasteiger partial charge in [-0.25, -0.2) is 0 Å². The maximum Gasteiger partial charge on any atom is 0.0574 e. The van der Waals surface area contributed by atoms with Crippen LogP contribution in [0.15, 0.2) is 0 Å². The van der Waals surface area contributed by atoms with Gasteiger partial charge in [-0.05, 0) is 49.9 Å². The van der Waals surface area contributed by atoms with E-state index in [1.165, 1.54) is 32.1 Å². The summed E-state index contributed by atoms with van der Waals surface area (Å²) in [6, 6.07) is 0. The molecule has 2 aliphatic rings. The molecule has 4 atom stereocenters. The molecule has 0 aromatic carbocycles. The van der Waals surface area contributed by atoms with Gasteiger partial charge >= 0.3 is 0 Å². The molecule has 70 valence electrons. The number of methoxy groups -OCH3 is 1. The summed E-state index contributed by atoms with van der Waals surface area (Å²) >= 11 is 0. The zero-order chi connectivity index (χ0) is 8.55. The largest absolute Gasteiger partial charge is 0.381 e. The predicted octanol–water partition coefficient (Wildman–Crippen LogP) is 2.85. The van der Waals surface area contributed by atoms with Gasteiger partial charge in [-0.3, -0.25) is 0 Å². The molecule has 0 N–H and O–H groups in total. The Morgan fingerprint density at radius 1 is 1.00 bits per heavy atom. The fourth-order valence-electron chi connectivity index (χ4n) is 3.23. The van der Waals surface area contributed by atoms with E-state index in [0.29, 0.717) is 6.10 Å². The molecule has 1 heteroatoms. The van der Waals surface area contributed by atoms with Gasteiger partial charge in [-0.1, -0.05) is 6.92 Å². The van der Waals surface area contributed by atoms with Crippen molar-refractivity contribution in [2.24, 2.45) is 17.8 Å². The van der Waals surface area contributed by atoms with Gasteiger partial charge in [0.2, 0.25) is 0 Å². The fraction of sp³-hybridized carbons (Fsp3) is 1.00. The van der Waals surface area contributed by atoms with Gasteiger partial charge in [-0.15, -0.1) is 0 Å². The van der Waals surface area contributed by atoms with Crippen LogP contribution < -0.4 is 0 Å². The van der Waals surface area contributed by atoms with Crippen molar-refractivity contribution in [2.45, 2.75) is 45.1 Å². The van der Waals surface area contributed by atoms with Crippen molar-refractivity contribution in [1.29, 1.82) is 0 Å². The van der Waals surface area contributed by atoms with E-state index in [-0.39, 0.29) is 0 Å². The van der Waals surface area contributed by atoms with Gasteiger partial charge < -0.3 is 4.74 Å². The molecular weight excluding hydrogens is 148 g/mol. The Balaban J connectivity index is 1.93. The zero-order valence-electron chi connectivity index (χ0n) is 8.25. The number of fused-ring (bicyclic) bond motifs is 1. The second-order valence-corrected chi connectivity index (χ2v) is 4.77. The summed E-state index contributed by atoms with van der Waals surface area (Å²) < 4.78 is 5.43. The molecule has 2 rings (SSSR count). The minimum Gasteiger partial charge on any atom is -0.381 e. The summed E-state index contributed by atoms with van der Waals surface area (Å²) in [5.41, 5.74) is 0. The Labute approximate surface area is 75.5 Å². The number of rotatable bonds is 1. The summed E-state index contributed by atoms with van der Waals surface area (Å²) in [4.78, 5) is 0. The van der Waals surface area contributed by atoms with Gasteiger partial charge in [0.1, 0.15) is 0 Å². The van der Waals surface area contributed by atoms with Crippen LogP contribution in [0.5, 0.6) is 0 Å². The van der Waals surface area contributed by atoms with Crippen LogP contribution in [0.3, 0.4) is 0 Å². The van der Waals surface area contributed by atoms with Gasteiger partial charge in [0.25, 0.3) is 0 Å². The zero-order valence-corrected chi connectivity index (χ0v) is 8.25. The molecule has 2 fully saturated rings. The van der Waals surface area contributed by atoms with Crippen molar-refractivity contribution in [3.05, 3.63) is 0 Å². The van der Waals surface area contributed by atoms with Gasteiger partial charge in [0.15, 0.2) is 0 Å². The van der Waals surface area contributed by atoms with Crippen LogP contribution >= 0.6 is 0 Å². The lowest BCUT2D eigenvalue weighted by Crippen LogP contribution is -2.25. The first kappa shape index (κ1) is 8.55. The monoisotopic (exact) mass is 168 g/mol. The third-order valence-corrected chi connectivity index (χ3v) is 3.84. The van der Waals surface area contributed by atoms with Crippen molar-refractivity contribution in [2.75, 3.05) is 7.11 Å². The quantitative estimate of drug-likeness (QED) is 0.585. The van der Waals surface area contributed by atoms with Crippen molar-refractivity contribution in [3.63, 3.8) is 0 Å². The van der Waals surface area contributed by atoms with Crippen molar-refractivity contribution < 1.29 is 4.74 Å². The highest BCUT2D eigenvalue weighted by Gasteiger charge is 2.36. The van der Waals surface area contributed by atoms with Crippen LogP contribution in [0.1, 0.15) is 39.0 Å². The summed E-state index contributed by atoms with van der Waals surface area (Å²) in [6.45, 7) is 2.40. The molecule has 12 heavy (non-hydrogen) atoms. The topological polar surface area (TPSA) is 9.23 Å². The van der Waals surface area contributed by atoms with Gasteiger partial charge in [0.05, 0.1) is 6.10 Å². The van der Waals surface area contributed by atoms with E-state index in [0.717, 1.165) is 17.8 Å². The summed E-state index contributed by atoms with van der Waals surface area (Å²) in [5.74, 6) is 3.03. The lowest BCUT2D eigenvalue weighted by molar-refractivity contribution is 0.0367. The van der Waals surface area contributed by atoms with E-state index in [1.807, 2.05) is 7.11 Å². The van der Waals surface area contributed by atoms with Crippen LogP contribution in [0.2, 0.25) is 0 Å². The third kappa shape index (κ3) is 1.52. The van der Waals surface area contributed by atoms with E-state index in [4.69, 9.17) is 4.74 Å². The smallest absolute Gasteiger partial charge is 0.0574 e. The van der Waals surface area contributed by atoms with Crippen LogP contribution in [0.4, 0.5) is 0 Å². The maximum atomic E-state index is 5.43. The average Bonchev–Trinajstić information content (AvgIpc) is 2.43. The Morgan fingerprint density at radius 2 is 1.75 bits per heavy atom. The molecule has 0 amide bonds. The van der Waals surface area contributed by atoms with Crippen molar-refractivity contribution >= 4 is 0 Å². The molecule has 2 saturated carbocycles. The van der Waals surface area contributed by atoms with E-state index in [9.17, 15) is 0 Å². The number of ether oxygens (including phenoxy) is 1. The second-order valence-electron chi connectivity index (χ2n) is 4.77. The molecule has 0 heterocycles. The van der Waals surface area contributed by atoms with Crippen molar-refractivity contribution in [3.8, 4) is 0 Å². The normalized spacial score (nSPS) is 47.5. The lowest BCUT2D eigenvalue weighted by atomic mass is 9.80. The molecule has 0 aliphatic heterocycles. The molecule has 3 unspecified atom stereocenters. The molecule has 1 nitrogen and oxygen atoms in total. The highest BCUT2D eigenvalue weighted by atomic mass is 16.5. The molecule has 0 radical (unpaired) electrons. The molecule has 0 spiro atoms. The van der Waals surface area contributed by atoms with E-state index in [2.05, 4.69) is 6.92 Å². The minimum atomic E-state index is 0.580. The van der Waals surface area contributed by atoms with E-state index >= 15 is 0 Å². The average molecular weight is 168 g/mol. The van der Waals surface area contributed by atoms with Gasteiger partial charge in [0, 0.05) is 7.11 Å². The Bertz CT molecular complexity index is 155. The molecule has 0 aromatic rings. The van der Waals surface area contributed by atoms with Crippen LogP contribution in [0, 0.1) is 17.8 Å². The Kier molecular flexibility index (Phi) is 2.40. The predicted molar refractivity (Wildman–Crippen MR) is 50.0 cm³/mol. The molecule has 0 bridgehead atoms. The van der Waals surface area contributed by atoms with Crippen molar-refractivity contribution in [1.82, 2.24) is 0 Å². The molecule has 0 saturated heterocycles. The first-order valence-electron chi connectivity index (χ1n) is 5.32. The standard InChI is InChI=1S/C11H20O/c1-8-5-9-3-4-11(12-2)7-10(9)6-8/h8-11H,3-7H2,1-2H3/t8-,9?,10?,11?/m0/s1. The summed E-state index contributed by atoms with van der Waals surface area (Å²) in [6.07, 6.45) is 7.60. The van der Waals surface area contributed by atoms with Crippen LogP contribution in [0.25, 0.3) is 0 Å². The number of hydrogen-bond acceptors (Lipinski definition) is 1. The fourth-order valence-corrected chi connectivity index (χ4v) is 3.23. The molecule has 2 aliphatic carbocycles. The third-order valence-electron chi connectivity index (χ3n) is 3.84. The Hall–Kier alpha value is -0.0400. The highest BCUT2D eigenvalue weighted by molar-refractivity contribution is 4.87. The van der Waals surface area contributed by atoms with Crippen LogP contribution in [-0.2, 0) is 4.74 Å². The molecular formula is C11H20O. The van der Waals surface area contributed by atoms with E-state index in [1.54, 1.807) is 0 Å². The SMILES string of the molecule is COC1CCC2C[C@H](C)CC2C1. The number of hydrogen-bond donors (Lipinski definition) is 0. The maximum absolute atomic E-state index is 5.43. The van der Waals surface area contributed by atoms with Gasteiger partial charge in [-0.2, -0.15) is 0 Å². The minimum absolute atomic E-state index is 0.580. The molecule has 0 aromatic heterocycles. The summed E-state index contributed by atoms with van der Waals surface area (Å²) in [7, 11) is 1.86. The second kappa shape index (κ2) is 3.37. The van der Waals surface area contributed by atoms with E-state index < -0.39 is 0 Å².